The van der Waals surface area contributed by atoms with Gasteiger partial charge < -0.3 is 10.2 Å². The number of nitrogens with two attached hydrogens (primary N) is 1. The second-order valence-corrected chi connectivity index (χ2v) is 6.14. The molecule has 0 radical (unpaired) electrons. The Bertz CT molecular complexity index is 381. The van der Waals surface area contributed by atoms with Crippen LogP contribution < -0.4 is 5.73 Å². The van der Waals surface area contributed by atoms with Crippen LogP contribution >= 0.6 is 15.9 Å². The number of rotatable bonds is 3. The summed E-state index contributed by atoms with van der Waals surface area (Å²) < 4.78 is 6.63. The molecule has 1 saturated carbocycles. The van der Waals surface area contributed by atoms with E-state index in [1.54, 1.807) is 6.26 Å². The van der Waals surface area contributed by atoms with Gasteiger partial charge >= 0.3 is 0 Å². The SMILES string of the molecule is NCC(c1occc1Br)N1CC2CCCC2C1. The molecule has 2 aliphatic rings. The molecule has 3 rings (SSSR count). The minimum absolute atomic E-state index is 0.241. The molecule has 3 unspecified atom stereocenters. The van der Waals surface area contributed by atoms with Crippen LogP contribution in [0.25, 0.3) is 0 Å². The van der Waals surface area contributed by atoms with Gasteiger partial charge in [-0.1, -0.05) is 6.42 Å². The van der Waals surface area contributed by atoms with Crippen molar-refractivity contribution in [2.75, 3.05) is 19.6 Å². The third-order valence-corrected chi connectivity index (χ3v) is 5.02. The normalized spacial score (nSPS) is 30.7. The Kier molecular flexibility index (Phi) is 3.28. The van der Waals surface area contributed by atoms with E-state index in [4.69, 9.17) is 10.2 Å². The number of nitrogens with zero attached hydrogens (tertiary/aromatic N) is 1. The van der Waals surface area contributed by atoms with Crippen LogP contribution in [0.3, 0.4) is 0 Å². The Hall–Kier alpha value is -0.320. The van der Waals surface area contributed by atoms with Crippen LogP contribution in [0.4, 0.5) is 0 Å². The van der Waals surface area contributed by atoms with Crippen molar-refractivity contribution in [3.05, 3.63) is 22.6 Å². The molecule has 1 aliphatic carbocycles. The number of hydrogen-bond donors (Lipinski definition) is 1. The Labute approximate surface area is 110 Å². The summed E-state index contributed by atoms with van der Waals surface area (Å²) in [7, 11) is 0. The fraction of sp³-hybridized carbons (Fsp3) is 0.692. The van der Waals surface area contributed by atoms with Crippen LogP contribution in [-0.2, 0) is 0 Å². The molecule has 0 spiro atoms. The zero-order valence-corrected chi connectivity index (χ0v) is 11.5. The van der Waals surface area contributed by atoms with Gasteiger partial charge in [-0.3, -0.25) is 4.90 Å². The minimum atomic E-state index is 0.241. The Balaban J connectivity index is 1.76. The van der Waals surface area contributed by atoms with E-state index in [1.165, 1.54) is 32.4 Å². The zero-order chi connectivity index (χ0) is 11.8. The van der Waals surface area contributed by atoms with Gasteiger partial charge in [0, 0.05) is 19.6 Å². The number of hydrogen-bond acceptors (Lipinski definition) is 3. The topological polar surface area (TPSA) is 42.4 Å². The van der Waals surface area contributed by atoms with E-state index in [9.17, 15) is 0 Å². The van der Waals surface area contributed by atoms with Gasteiger partial charge in [0.25, 0.3) is 0 Å². The molecule has 2 fully saturated rings. The van der Waals surface area contributed by atoms with Gasteiger partial charge in [0.2, 0.25) is 0 Å². The monoisotopic (exact) mass is 298 g/mol. The van der Waals surface area contributed by atoms with Crippen LogP contribution in [0.5, 0.6) is 0 Å². The quantitative estimate of drug-likeness (QED) is 0.933. The predicted octanol–water partition coefficient (Wildman–Crippen LogP) is 2.77. The Morgan fingerprint density at radius 1 is 1.41 bits per heavy atom. The van der Waals surface area contributed by atoms with E-state index in [0.29, 0.717) is 6.54 Å². The van der Waals surface area contributed by atoms with Crippen molar-refractivity contribution in [1.29, 1.82) is 0 Å². The smallest absolute Gasteiger partial charge is 0.136 e. The number of fused-ring (bicyclic) bond motifs is 1. The predicted molar refractivity (Wildman–Crippen MR) is 70.6 cm³/mol. The standard InChI is InChI=1S/C13H19BrN2O/c14-11-4-5-17-13(11)12(6-15)16-7-9-2-1-3-10(9)8-16/h4-5,9-10,12H,1-3,6-8,15H2. The summed E-state index contributed by atoms with van der Waals surface area (Å²) in [4.78, 5) is 2.51. The molecule has 3 atom stereocenters. The number of furan rings is 1. The van der Waals surface area contributed by atoms with E-state index in [-0.39, 0.29) is 6.04 Å². The second-order valence-electron chi connectivity index (χ2n) is 5.29. The highest BCUT2D eigenvalue weighted by atomic mass is 79.9. The maximum atomic E-state index is 5.94. The first-order valence-corrected chi connectivity index (χ1v) is 7.26. The van der Waals surface area contributed by atoms with Gasteiger partial charge in [0.1, 0.15) is 5.76 Å². The average molecular weight is 299 g/mol. The summed E-state index contributed by atoms with van der Waals surface area (Å²) in [6.07, 6.45) is 5.95. The Morgan fingerprint density at radius 3 is 2.65 bits per heavy atom. The molecule has 4 heteroatoms. The highest BCUT2D eigenvalue weighted by molar-refractivity contribution is 9.10. The first kappa shape index (κ1) is 11.8. The van der Waals surface area contributed by atoms with Crippen LogP contribution in [0, 0.1) is 11.8 Å². The fourth-order valence-electron chi connectivity index (χ4n) is 3.49. The van der Waals surface area contributed by atoms with Crippen molar-refractivity contribution in [3.63, 3.8) is 0 Å². The largest absolute Gasteiger partial charge is 0.466 e. The lowest BCUT2D eigenvalue weighted by atomic mass is 10.0. The van der Waals surface area contributed by atoms with Crippen molar-refractivity contribution in [2.24, 2.45) is 17.6 Å². The van der Waals surface area contributed by atoms with Gasteiger partial charge in [-0.2, -0.15) is 0 Å². The molecule has 2 N–H and O–H groups in total. The molecule has 17 heavy (non-hydrogen) atoms. The number of likely N-dealkylation sites (tertiary alicyclic amines) is 1. The van der Waals surface area contributed by atoms with Crippen molar-refractivity contribution >= 4 is 15.9 Å². The first-order chi connectivity index (χ1) is 8.29. The lowest BCUT2D eigenvalue weighted by Crippen LogP contribution is -2.32. The van der Waals surface area contributed by atoms with E-state index in [0.717, 1.165) is 22.1 Å². The van der Waals surface area contributed by atoms with E-state index in [1.807, 2.05) is 6.07 Å². The average Bonchev–Trinajstić information content (AvgIpc) is 2.96. The van der Waals surface area contributed by atoms with Gasteiger partial charge in [-0.05, 0) is 46.7 Å². The molecule has 1 aliphatic heterocycles. The van der Waals surface area contributed by atoms with Crippen LogP contribution in [0.15, 0.2) is 21.2 Å². The van der Waals surface area contributed by atoms with Crippen LogP contribution in [0.1, 0.15) is 31.1 Å². The Morgan fingerprint density at radius 2 is 2.12 bits per heavy atom. The molecule has 3 nitrogen and oxygen atoms in total. The van der Waals surface area contributed by atoms with E-state index >= 15 is 0 Å². The molecule has 1 aromatic rings. The fourth-order valence-corrected chi connectivity index (χ4v) is 3.96. The third-order valence-electron chi connectivity index (χ3n) is 4.37. The summed E-state index contributed by atoms with van der Waals surface area (Å²) in [5.41, 5.74) is 5.94. The van der Waals surface area contributed by atoms with Gasteiger partial charge in [-0.25, -0.2) is 0 Å². The van der Waals surface area contributed by atoms with E-state index < -0.39 is 0 Å². The van der Waals surface area contributed by atoms with Gasteiger partial charge in [0.05, 0.1) is 16.8 Å². The van der Waals surface area contributed by atoms with Crippen LogP contribution in [-0.4, -0.2) is 24.5 Å². The highest BCUT2D eigenvalue weighted by Crippen LogP contribution is 2.41. The van der Waals surface area contributed by atoms with Crippen molar-refractivity contribution in [2.45, 2.75) is 25.3 Å². The maximum Gasteiger partial charge on any atom is 0.136 e. The third kappa shape index (κ3) is 2.07. The van der Waals surface area contributed by atoms with Crippen molar-refractivity contribution < 1.29 is 4.42 Å². The molecule has 1 saturated heterocycles. The van der Waals surface area contributed by atoms with Crippen molar-refractivity contribution in [1.82, 2.24) is 4.90 Å². The van der Waals surface area contributed by atoms with Gasteiger partial charge in [-0.15, -0.1) is 0 Å². The lowest BCUT2D eigenvalue weighted by molar-refractivity contribution is 0.204. The first-order valence-electron chi connectivity index (χ1n) is 6.46. The summed E-state index contributed by atoms with van der Waals surface area (Å²) >= 11 is 3.54. The summed E-state index contributed by atoms with van der Waals surface area (Å²) in [5.74, 6) is 2.79. The summed E-state index contributed by atoms with van der Waals surface area (Å²) in [5, 5.41) is 0. The second kappa shape index (κ2) is 4.75. The molecule has 94 valence electrons. The zero-order valence-electron chi connectivity index (χ0n) is 9.94. The number of halogens is 1. The molecular weight excluding hydrogens is 280 g/mol. The summed E-state index contributed by atoms with van der Waals surface area (Å²) in [6, 6.07) is 2.19. The lowest BCUT2D eigenvalue weighted by Gasteiger charge is -2.26. The maximum absolute atomic E-state index is 5.94. The molecule has 1 aromatic heterocycles. The molecule has 0 bridgehead atoms. The minimum Gasteiger partial charge on any atom is -0.466 e. The highest BCUT2D eigenvalue weighted by Gasteiger charge is 2.39. The molecule has 0 aromatic carbocycles. The van der Waals surface area contributed by atoms with Crippen molar-refractivity contribution in [3.8, 4) is 0 Å². The van der Waals surface area contributed by atoms with Gasteiger partial charge in [0.15, 0.2) is 0 Å². The van der Waals surface area contributed by atoms with Crippen LogP contribution in [0.2, 0.25) is 0 Å². The molecule has 0 amide bonds. The van der Waals surface area contributed by atoms with E-state index in [2.05, 4.69) is 20.8 Å². The summed E-state index contributed by atoms with van der Waals surface area (Å²) in [6.45, 7) is 3.02. The molecular formula is C13H19BrN2O. The molecule has 2 heterocycles.